The van der Waals surface area contributed by atoms with Gasteiger partial charge in [0.25, 0.3) is 0 Å². The Morgan fingerprint density at radius 2 is 1.90 bits per heavy atom. The fourth-order valence-electron chi connectivity index (χ4n) is 1.47. The van der Waals surface area contributed by atoms with E-state index < -0.39 is 28.0 Å². The molecule has 2 N–H and O–H groups in total. The Morgan fingerprint density at radius 3 is 2.38 bits per heavy atom. The van der Waals surface area contributed by atoms with Gasteiger partial charge in [-0.05, 0) is 30.7 Å². The number of carbonyl (C=O) groups is 2. The second-order valence-corrected chi connectivity index (χ2v) is 6.71. The summed E-state index contributed by atoms with van der Waals surface area (Å²) in [5.41, 5.74) is 0. The van der Waals surface area contributed by atoms with Gasteiger partial charge in [0.2, 0.25) is 10.0 Å². The first-order valence-electron chi connectivity index (χ1n) is 5.84. The van der Waals surface area contributed by atoms with Gasteiger partial charge < -0.3 is 9.84 Å². The third-order valence-electron chi connectivity index (χ3n) is 2.58. The molecule has 0 saturated heterocycles. The highest BCUT2D eigenvalue weighted by molar-refractivity contribution is 9.10. The van der Waals surface area contributed by atoms with Crippen molar-refractivity contribution < 1.29 is 27.9 Å². The molecule has 0 aliphatic carbocycles. The van der Waals surface area contributed by atoms with E-state index in [2.05, 4.69) is 25.4 Å². The normalized spacial score (nSPS) is 12.7. The third-order valence-corrected chi connectivity index (χ3v) is 4.60. The number of ether oxygens (including phenoxy) is 1. The van der Waals surface area contributed by atoms with Crippen molar-refractivity contribution in [3.63, 3.8) is 0 Å². The highest BCUT2D eigenvalue weighted by atomic mass is 79.9. The molecule has 21 heavy (non-hydrogen) atoms. The molecule has 0 fully saturated rings. The number of aliphatic carboxylic acids is 1. The van der Waals surface area contributed by atoms with Gasteiger partial charge in [-0.3, -0.25) is 9.59 Å². The van der Waals surface area contributed by atoms with E-state index >= 15 is 0 Å². The summed E-state index contributed by atoms with van der Waals surface area (Å²) in [5.74, 6) is -1.97. The number of carboxylic acids is 1. The minimum atomic E-state index is -3.98. The second kappa shape index (κ2) is 7.53. The smallest absolute Gasteiger partial charge is 0.321 e. The number of carbonyl (C=O) groups excluding carboxylic acids is 1. The Hall–Kier alpha value is -1.45. The summed E-state index contributed by atoms with van der Waals surface area (Å²) in [4.78, 5) is 22.0. The number of sulfonamides is 1. The highest BCUT2D eigenvalue weighted by Crippen LogP contribution is 2.15. The molecule has 0 aliphatic heterocycles. The summed E-state index contributed by atoms with van der Waals surface area (Å²) in [6, 6.07) is 4.33. The lowest BCUT2D eigenvalue weighted by atomic mass is 10.2. The van der Waals surface area contributed by atoms with E-state index in [4.69, 9.17) is 5.11 Å². The minimum absolute atomic E-state index is 0.0602. The number of carboxylic acid groups (broad SMARTS) is 1. The lowest BCUT2D eigenvalue weighted by molar-refractivity contribution is -0.142. The van der Waals surface area contributed by atoms with Crippen molar-refractivity contribution in [3.05, 3.63) is 28.7 Å². The van der Waals surface area contributed by atoms with Crippen LogP contribution in [0.5, 0.6) is 0 Å². The standard InChI is InChI=1S/C12H14BrNO6S/c1-20-11(15)7-6-10(12(16)17)14-21(18,19)9-4-2-8(13)3-5-9/h2-5,10,14H,6-7H2,1H3,(H,16,17). The monoisotopic (exact) mass is 379 g/mol. The molecule has 0 bridgehead atoms. The van der Waals surface area contributed by atoms with Crippen LogP contribution >= 0.6 is 15.9 Å². The van der Waals surface area contributed by atoms with Crippen molar-refractivity contribution in [3.8, 4) is 0 Å². The average molecular weight is 380 g/mol. The van der Waals surface area contributed by atoms with Crippen LogP contribution in [0.25, 0.3) is 0 Å². The number of methoxy groups -OCH3 is 1. The lowest BCUT2D eigenvalue weighted by Gasteiger charge is -2.14. The molecule has 1 aromatic rings. The Balaban J connectivity index is 2.84. The molecular formula is C12H14BrNO6S. The molecule has 0 aromatic heterocycles. The summed E-state index contributed by atoms with van der Waals surface area (Å²) in [6.45, 7) is 0. The summed E-state index contributed by atoms with van der Waals surface area (Å²) < 4.78 is 31.3. The first-order valence-corrected chi connectivity index (χ1v) is 8.11. The zero-order valence-electron chi connectivity index (χ0n) is 11.1. The third kappa shape index (κ3) is 5.44. The van der Waals surface area contributed by atoms with Gasteiger partial charge in [-0.15, -0.1) is 0 Å². The number of hydrogen-bond acceptors (Lipinski definition) is 5. The first kappa shape index (κ1) is 17.6. The number of halogens is 1. The Labute approximate surface area is 130 Å². The van der Waals surface area contributed by atoms with Crippen LogP contribution in [0, 0.1) is 0 Å². The van der Waals surface area contributed by atoms with Crippen molar-refractivity contribution in [2.24, 2.45) is 0 Å². The van der Waals surface area contributed by atoms with Crippen molar-refractivity contribution >= 4 is 37.9 Å². The maximum atomic E-state index is 12.1. The number of nitrogens with one attached hydrogen (secondary N) is 1. The molecule has 0 spiro atoms. The zero-order valence-corrected chi connectivity index (χ0v) is 13.5. The molecule has 0 radical (unpaired) electrons. The van der Waals surface area contributed by atoms with Crippen molar-refractivity contribution in [1.82, 2.24) is 4.72 Å². The Morgan fingerprint density at radius 1 is 1.33 bits per heavy atom. The van der Waals surface area contributed by atoms with Gasteiger partial charge in [-0.1, -0.05) is 15.9 Å². The van der Waals surface area contributed by atoms with Crippen molar-refractivity contribution in [1.29, 1.82) is 0 Å². The van der Waals surface area contributed by atoms with Crippen LogP contribution in [0.15, 0.2) is 33.6 Å². The molecular weight excluding hydrogens is 366 g/mol. The maximum absolute atomic E-state index is 12.1. The van der Waals surface area contributed by atoms with E-state index in [0.717, 1.165) is 0 Å². The van der Waals surface area contributed by atoms with Crippen LogP contribution in [-0.4, -0.2) is 38.6 Å². The number of hydrogen-bond donors (Lipinski definition) is 2. The number of benzene rings is 1. The number of esters is 1. The van der Waals surface area contributed by atoms with Crippen LogP contribution in [-0.2, 0) is 24.3 Å². The van der Waals surface area contributed by atoms with Gasteiger partial charge in [0.1, 0.15) is 6.04 Å². The summed E-state index contributed by atoms with van der Waals surface area (Å²) in [6.07, 6.45) is -0.395. The van der Waals surface area contributed by atoms with Gasteiger partial charge in [0.05, 0.1) is 12.0 Å². The summed E-state index contributed by atoms with van der Waals surface area (Å²) >= 11 is 3.17. The van der Waals surface area contributed by atoms with Gasteiger partial charge in [0, 0.05) is 10.9 Å². The van der Waals surface area contributed by atoms with Crippen LogP contribution in [0.2, 0.25) is 0 Å². The molecule has 0 saturated carbocycles. The molecule has 0 amide bonds. The van der Waals surface area contributed by atoms with Gasteiger partial charge in [-0.2, -0.15) is 4.72 Å². The van der Waals surface area contributed by atoms with Crippen molar-refractivity contribution in [2.45, 2.75) is 23.8 Å². The average Bonchev–Trinajstić information content (AvgIpc) is 2.43. The predicted octanol–water partition coefficient (Wildman–Crippen LogP) is 1.13. The highest BCUT2D eigenvalue weighted by Gasteiger charge is 2.26. The van der Waals surface area contributed by atoms with Crippen LogP contribution in [0.4, 0.5) is 0 Å². The lowest BCUT2D eigenvalue weighted by Crippen LogP contribution is -2.41. The molecule has 0 aliphatic rings. The van der Waals surface area contributed by atoms with Crippen molar-refractivity contribution in [2.75, 3.05) is 7.11 Å². The molecule has 0 heterocycles. The molecule has 7 nitrogen and oxygen atoms in total. The Bertz CT molecular complexity index is 613. The van der Waals surface area contributed by atoms with E-state index in [1.165, 1.54) is 31.4 Å². The van der Waals surface area contributed by atoms with Crippen LogP contribution in [0.3, 0.4) is 0 Å². The molecule has 116 valence electrons. The second-order valence-electron chi connectivity index (χ2n) is 4.08. The van der Waals surface area contributed by atoms with Gasteiger partial charge in [0.15, 0.2) is 0 Å². The summed E-state index contributed by atoms with van der Waals surface area (Å²) in [7, 11) is -2.81. The molecule has 1 aromatic carbocycles. The fraction of sp³-hybridized carbons (Fsp3) is 0.333. The van der Waals surface area contributed by atoms with Crippen LogP contribution in [0.1, 0.15) is 12.8 Å². The SMILES string of the molecule is COC(=O)CCC(NS(=O)(=O)c1ccc(Br)cc1)C(=O)O. The molecule has 1 unspecified atom stereocenters. The topological polar surface area (TPSA) is 110 Å². The van der Waals surface area contributed by atoms with E-state index in [-0.39, 0.29) is 17.7 Å². The largest absolute Gasteiger partial charge is 0.480 e. The molecule has 1 rings (SSSR count). The van der Waals surface area contributed by atoms with E-state index in [0.29, 0.717) is 4.47 Å². The summed E-state index contributed by atoms with van der Waals surface area (Å²) in [5, 5.41) is 9.03. The zero-order chi connectivity index (χ0) is 16.0. The molecule has 9 heteroatoms. The van der Waals surface area contributed by atoms with Gasteiger partial charge in [-0.25, -0.2) is 8.42 Å². The minimum Gasteiger partial charge on any atom is -0.480 e. The Kier molecular flexibility index (Phi) is 6.31. The van der Waals surface area contributed by atoms with Gasteiger partial charge >= 0.3 is 11.9 Å². The number of rotatable bonds is 7. The van der Waals surface area contributed by atoms with E-state index in [1.807, 2.05) is 0 Å². The van der Waals surface area contributed by atoms with Crippen LogP contribution < -0.4 is 4.72 Å². The maximum Gasteiger partial charge on any atom is 0.321 e. The first-order chi connectivity index (χ1) is 9.76. The fourth-order valence-corrected chi connectivity index (χ4v) is 2.95. The molecule has 1 atom stereocenters. The quantitative estimate of drug-likeness (QED) is 0.687. The van der Waals surface area contributed by atoms with E-state index in [9.17, 15) is 18.0 Å². The predicted molar refractivity (Wildman–Crippen MR) is 77.1 cm³/mol. The van der Waals surface area contributed by atoms with E-state index in [1.54, 1.807) is 0 Å².